The molecule has 0 saturated heterocycles. The molecule has 0 heterocycles. The molecule has 0 amide bonds. The van der Waals surface area contributed by atoms with Gasteiger partial charge in [-0.3, -0.25) is 0 Å². The zero-order chi connectivity index (χ0) is 13.0. The van der Waals surface area contributed by atoms with Crippen LogP contribution in [0.1, 0.15) is 42.5 Å². The van der Waals surface area contributed by atoms with Gasteiger partial charge in [-0.1, -0.05) is 6.42 Å². The molecule has 0 spiro atoms. The Labute approximate surface area is 107 Å². The molecule has 0 atom stereocenters. The van der Waals surface area contributed by atoms with E-state index in [1.165, 1.54) is 13.5 Å². The quantitative estimate of drug-likeness (QED) is 0.661. The SMILES string of the molecule is COc1ccc(N)cc1C(=O)OC1CCCCC1. The Morgan fingerprint density at radius 1 is 1.28 bits per heavy atom. The van der Waals surface area contributed by atoms with Crippen molar-refractivity contribution in [3.63, 3.8) is 0 Å². The first-order valence-electron chi connectivity index (χ1n) is 6.35. The minimum Gasteiger partial charge on any atom is -0.496 e. The lowest BCUT2D eigenvalue weighted by Crippen LogP contribution is -2.21. The molecule has 1 aliphatic rings. The van der Waals surface area contributed by atoms with Crippen LogP contribution in [0.25, 0.3) is 0 Å². The van der Waals surface area contributed by atoms with E-state index in [0.29, 0.717) is 17.0 Å². The van der Waals surface area contributed by atoms with Crippen LogP contribution >= 0.6 is 0 Å². The fourth-order valence-electron chi connectivity index (χ4n) is 2.28. The summed E-state index contributed by atoms with van der Waals surface area (Å²) in [5.74, 6) is 0.163. The number of rotatable bonds is 3. The summed E-state index contributed by atoms with van der Waals surface area (Å²) in [6.07, 6.45) is 5.44. The average Bonchev–Trinajstić information content (AvgIpc) is 2.40. The van der Waals surface area contributed by atoms with Crippen LogP contribution in [0.15, 0.2) is 18.2 Å². The second kappa shape index (κ2) is 5.76. The van der Waals surface area contributed by atoms with Crippen molar-refractivity contribution in [2.75, 3.05) is 12.8 Å². The number of hydrogen-bond donors (Lipinski definition) is 1. The van der Waals surface area contributed by atoms with Crippen LogP contribution < -0.4 is 10.5 Å². The highest BCUT2D eigenvalue weighted by molar-refractivity contribution is 5.93. The molecule has 0 aromatic heterocycles. The number of carbonyl (C=O) groups is 1. The number of carbonyl (C=O) groups excluding carboxylic acids is 1. The summed E-state index contributed by atoms with van der Waals surface area (Å²) in [6.45, 7) is 0. The molecule has 0 unspecified atom stereocenters. The van der Waals surface area contributed by atoms with Gasteiger partial charge in [-0.25, -0.2) is 4.79 Å². The first-order chi connectivity index (χ1) is 8.70. The van der Waals surface area contributed by atoms with Crippen LogP contribution in [0.5, 0.6) is 5.75 Å². The van der Waals surface area contributed by atoms with Crippen LogP contribution in [0.2, 0.25) is 0 Å². The summed E-state index contributed by atoms with van der Waals surface area (Å²) in [5, 5.41) is 0. The zero-order valence-electron chi connectivity index (χ0n) is 10.6. The van der Waals surface area contributed by atoms with E-state index >= 15 is 0 Å². The lowest BCUT2D eigenvalue weighted by atomic mass is 9.98. The standard InChI is InChI=1S/C14H19NO3/c1-17-13-8-7-10(15)9-12(13)14(16)18-11-5-3-2-4-6-11/h7-9,11H,2-6,15H2,1H3. The molecule has 1 aromatic carbocycles. The molecule has 4 heteroatoms. The summed E-state index contributed by atoms with van der Waals surface area (Å²) in [7, 11) is 1.53. The summed E-state index contributed by atoms with van der Waals surface area (Å²) in [4.78, 5) is 12.1. The van der Waals surface area contributed by atoms with Gasteiger partial charge in [0.1, 0.15) is 17.4 Å². The molecule has 1 aromatic rings. The van der Waals surface area contributed by atoms with Crippen molar-refractivity contribution >= 4 is 11.7 Å². The normalized spacial score (nSPS) is 16.3. The van der Waals surface area contributed by atoms with Gasteiger partial charge >= 0.3 is 5.97 Å². The first-order valence-corrected chi connectivity index (χ1v) is 6.35. The molecule has 1 saturated carbocycles. The van der Waals surface area contributed by atoms with E-state index in [-0.39, 0.29) is 12.1 Å². The molecule has 1 aliphatic carbocycles. The number of ether oxygens (including phenoxy) is 2. The number of nitrogens with two attached hydrogens (primary N) is 1. The summed E-state index contributed by atoms with van der Waals surface area (Å²) >= 11 is 0. The van der Waals surface area contributed by atoms with Crippen LogP contribution in [-0.4, -0.2) is 19.2 Å². The molecule has 2 rings (SSSR count). The third kappa shape index (κ3) is 2.94. The average molecular weight is 249 g/mol. The second-order valence-electron chi connectivity index (χ2n) is 4.63. The van der Waals surface area contributed by atoms with Crippen molar-refractivity contribution < 1.29 is 14.3 Å². The van der Waals surface area contributed by atoms with E-state index in [2.05, 4.69) is 0 Å². The maximum atomic E-state index is 12.1. The molecular formula is C14H19NO3. The Bertz CT molecular complexity index is 425. The van der Waals surface area contributed by atoms with E-state index in [4.69, 9.17) is 15.2 Å². The second-order valence-corrected chi connectivity index (χ2v) is 4.63. The van der Waals surface area contributed by atoms with Gasteiger partial charge in [0.15, 0.2) is 0 Å². The number of hydrogen-bond acceptors (Lipinski definition) is 4. The Kier molecular flexibility index (Phi) is 4.07. The maximum Gasteiger partial charge on any atom is 0.342 e. The van der Waals surface area contributed by atoms with Gasteiger partial charge in [0, 0.05) is 5.69 Å². The fraction of sp³-hybridized carbons (Fsp3) is 0.500. The van der Waals surface area contributed by atoms with E-state index < -0.39 is 0 Å². The number of methoxy groups -OCH3 is 1. The lowest BCUT2D eigenvalue weighted by molar-refractivity contribution is 0.0208. The highest BCUT2D eigenvalue weighted by Crippen LogP contribution is 2.25. The summed E-state index contributed by atoms with van der Waals surface area (Å²) < 4.78 is 10.7. The van der Waals surface area contributed by atoms with Gasteiger partial charge in [-0.05, 0) is 43.9 Å². The van der Waals surface area contributed by atoms with Crippen LogP contribution in [0.3, 0.4) is 0 Å². The zero-order valence-corrected chi connectivity index (χ0v) is 10.6. The van der Waals surface area contributed by atoms with Crippen LogP contribution in [0, 0.1) is 0 Å². The van der Waals surface area contributed by atoms with Crippen LogP contribution in [-0.2, 0) is 4.74 Å². The first kappa shape index (κ1) is 12.7. The molecule has 1 fully saturated rings. The predicted molar refractivity (Wildman–Crippen MR) is 69.7 cm³/mol. The van der Waals surface area contributed by atoms with Crippen molar-refractivity contribution in [1.29, 1.82) is 0 Å². The van der Waals surface area contributed by atoms with Gasteiger partial charge in [0.25, 0.3) is 0 Å². The summed E-state index contributed by atoms with van der Waals surface area (Å²) in [6, 6.07) is 4.99. The van der Waals surface area contributed by atoms with Gasteiger partial charge in [0.05, 0.1) is 7.11 Å². The minimum absolute atomic E-state index is 0.0392. The minimum atomic E-state index is -0.342. The van der Waals surface area contributed by atoms with Gasteiger partial charge in [-0.2, -0.15) is 0 Å². The third-order valence-electron chi connectivity index (χ3n) is 3.27. The van der Waals surface area contributed by atoms with Crippen molar-refractivity contribution in [2.45, 2.75) is 38.2 Å². The van der Waals surface area contributed by atoms with E-state index in [1.54, 1.807) is 18.2 Å². The molecule has 4 nitrogen and oxygen atoms in total. The molecule has 2 N–H and O–H groups in total. The Balaban J connectivity index is 2.09. The Morgan fingerprint density at radius 3 is 2.67 bits per heavy atom. The molecule has 18 heavy (non-hydrogen) atoms. The topological polar surface area (TPSA) is 61.5 Å². The van der Waals surface area contributed by atoms with Crippen molar-refractivity contribution in [3.8, 4) is 5.75 Å². The Hall–Kier alpha value is -1.71. The molecule has 0 aliphatic heterocycles. The number of esters is 1. The van der Waals surface area contributed by atoms with E-state index in [0.717, 1.165) is 25.7 Å². The van der Waals surface area contributed by atoms with Gasteiger partial charge in [-0.15, -0.1) is 0 Å². The van der Waals surface area contributed by atoms with E-state index in [9.17, 15) is 4.79 Å². The monoisotopic (exact) mass is 249 g/mol. The fourth-order valence-corrected chi connectivity index (χ4v) is 2.28. The molecule has 98 valence electrons. The van der Waals surface area contributed by atoms with Gasteiger partial charge in [0.2, 0.25) is 0 Å². The van der Waals surface area contributed by atoms with Crippen molar-refractivity contribution in [1.82, 2.24) is 0 Å². The lowest BCUT2D eigenvalue weighted by Gasteiger charge is -2.22. The molecular weight excluding hydrogens is 230 g/mol. The highest BCUT2D eigenvalue weighted by Gasteiger charge is 2.21. The number of anilines is 1. The highest BCUT2D eigenvalue weighted by atomic mass is 16.5. The Morgan fingerprint density at radius 2 is 2.00 bits per heavy atom. The van der Waals surface area contributed by atoms with Gasteiger partial charge < -0.3 is 15.2 Å². The van der Waals surface area contributed by atoms with Crippen LogP contribution in [0.4, 0.5) is 5.69 Å². The van der Waals surface area contributed by atoms with Crippen molar-refractivity contribution in [3.05, 3.63) is 23.8 Å². The maximum absolute atomic E-state index is 12.1. The molecule has 0 radical (unpaired) electrons. The number of nitrogen functional groups attached to an aromatic ring is 1. The molecule has 0 bridgehead atoms. The third-order valence-corrected chi connectivity index (χ3v) is 3.27. The summed E-state index contributed by atoms with van der Waals surface area (Å²) in [5.41, 5.74) is 6.63. The van der Waals surface area contributed by atoms with E-state index in [1.807, 2.05) is 0 Å². The number of benzene rings is 1. The predicted octanol–water partition coefficient (Wildman–Crippen LogP) is 2.77. The van der Waals surface area contributed by atoms with Crippen molar-refractivity contribution in [2.24, 2.45) is 0 Å². The smallest absolute Gasteiger partial charge is 0.342 e. The largest absolute Gasteiger partial charge is 0.496 e.